The van der Waals surface area contributed by atoms with Gasteiger partial charge in [0.05, 0.1) is 0 Å². The van der Waals surface area contributed by atoms with Gasteiger partial charge in [-0.05, 0) is 30.9 Å². The fourth-order valence-corrected chi connectivity index (χ4v) is 4.15. The molecule has 1 aromatic rings. The lowest BCUT2D eigenvalue weighted by Gasteiger charge is -2.30. The summed E-state index contributed by atoms with van der Waals surface area (Å²) in [6.45, 7) is -2.77. The van der Waals surface area contributed by atoms with Crippen molar-refractivity contribution in [3.05, 3.63) is 29.8 Å². The van der Waals surface area contributed by atoms with Gasteiger partial charge in [0.25, 0.3) is 10.2 Å². The number of rotatable bonds is 8. The lowest BCUT2D eigenvalue weighted by molar-refractivity contribution is -0.0504. The minimum atomic E-state index is -3.57. The smallest absolute Gasteiger partial charge is 0.387 e. The number of nitrogens with one attached hydrogen (secondary N) is 1. The third kappa shape index (κ3) is 5.39. The number of alkyl halides is 2. The molecule has 0 amide bonds. The second-order valence-electron chi connectivity index (χ2n) is 5.94. The molecule has 24 heavy (non-hydrogen) atoms. The molecule has 1 aliphatic rings. The van der Waals surface area contributed by atoms with Crippen LogP contribution >= 0.6 is 0 Å². The summed E-state index contributed by atoms with van der Waals surface area (Å²) in [6, 6.07) is 6.44. The molecule has 0 bridgehead atoms. The molecule has 8 heteroatoms. The van der Waals surface area contributed by atoms with Crippen molar-refractivity contribution in [2.45, 2.75) is 51.2 Å². The Morgan fingerprint density at radius 1 is 1.25 bits per heavy atom. The molecule has 0 spiro atoms. The summed E-state index contributed by atoms with van der Waals surface area (Å²) in [5, 5.41) is 0. The van der Waals surface area contributed by atoms with E-state index in [4.69, 9.17) is 0 Å². The van der Waals surface area contributed by atoms with E-state index >= 15 is 0 Å². The van der Waals surface area contributed by atoms with Crippen LogP contribution in [0.15, 0.2) is 24.3 Å². The number of hydrogen-bond donors (Lipinski definition) is 1. The summed E-state index contributed by atoms with van der Waals surface area (Å²) in [5.74, 6) is 0.0762. The van der Waals surface area contributed by atoms with Gasteiger partial charge in [-0.1, -0.05) is 37.5 Å². The van der Waals surface area contributed by atoms with Crippen molar-refractivity contribution in [2.24, 2.45) is 0 Å². The van der Waals surface area contributed by atoms with Crippen molar-refractivity contribution in [3.63, 3.8) is 0 Å². The first-order valence-electron chi connectivity index (χ1n) is 8.15. The maximum atomic E-state index is 12.4. The van der Waals surface area contributed by atoms with Gasteiger partial charge in [0, 0.05) is 19.6 Å². The van der Waals surface area contributed by atoms with E-state index in [9.17, 15) is 17.2 Å². The highest BCUT2D eigenvalue weighted by Crippen LogP contribution is 2.23. The largest absolute Gasteiger partial charge is 0.435 e. The zero-order valence-corrected chi connectivity index (χ0v) is 14.6. The normalized spacial score (nSPS) is 16.7. The first kappa shape index (κ1) is 19.1. The van der Waals surface area contributed by atoms with Gasteiger partial charge in [-0.25, -0.2) is 4.72 Å². The van der Waals surface area contributed by atoms with E-state index in [0.717, 1.165) is 32.1 Å². The molecular formula is C16H24F2N2O3S. The zero-order valence-electron chi connectivity index (χ0n) is 13.7. The van der Waals surface area contributed by atoms with Crippen LogP contribution < -0.4 is 9.46 Å². The summed E-state index contributed by atoms with van der Waals surface area (Å²) in [5.41, 5.74) is 0.542. The van der Waals surface area contributed by atoms with Crippen molar-refractivity contribution >= 4 is 10.2 Å². The molecule has 0 atom stereocenters. The predicted octanol–water partition coefficient (Wildman–Crippen LogP) is 2.93. The van der Waals surface area contributed by atoms with Gasteiger partial charge in [0.2, 0.25) is 0 Å². The highest BCUT2D eigenvalue weighted by molar-refractivity contribution is 7.87. The van der Waals surface area contributed by atoms with E-state index in [1.807, 2.05) is 0 Å². The molecular weight excluding hydrogens is 338 g/mol. The summed E-state index contributed by atoms with van der Waals surface area (Å²) >= 11 is 0. The van der Waals surface area contributed by atoms with E-state index in [1.165, 1.54) is 10.4 Å². The third-order valence-electron chi connectivity index (χ3n) is 4.34. The van der Waals surface area contributed by atoms with Crippen molar-refractivity contribution in [2.75, 3.05) is 13.6 Å². The molecule has 0 aromatic heterocycles. The average Bonchev–Trinajstić information content (AvgIpc) is 2.56. The summed E-state index contributed by atoms with van der Waals surface area (Å²) < 4.78 is 57.8. The number of halogens is 2. The minimum absolute atomic E-state index is 0.0331. The Hall–Kier alpha value is -1.25. The van der Waals surface area contributed by atoms with Gasteiger partial charge < -0.3 is 4.74 Å². The monoisotopic (exact) mass is 362 g/mol. The Labute approximate surface area is 142 Å². The Kier molecular flexibility index (Phi) is 6.94. The van der Waals surface area contributed by atoms with Gasteiger partial charge >= 0.3 is 6.61 Å². The van der Waals surface area contributed by atoms with E-state index in [1.54, 1.807) is 25.2 Å². The quantitative estimate of drug-likeness (QED) is 0.774. The maximum Gasteiger partial charge on any atom is 0.387 e. The van der Waals surface area contributed by atoms with Crippen LogP contribution in [0.2, 0.25) is 0 Å². The summed E-state index contributed by atoms with van der Waals surface area (Å²) in [7, 11) is -1.98. The van der Waals surface area contributed by atoms with E-state index in [0.29, 0.717) is 5.56 Å². The van der Waals surface area contributed by atoms with Gasteiger partial charge in [-0.2, -0.15) is 21.5 Å². The van der Waals surface area contributed by atoms with Crippen molar-refractivity contribution in [1.82, 2.24) is 9.03 Å². The molecule has 1 fully saturated rings. The van der Waals surface area contributed by atoms with Crippen LogP contribution in [0.3, 0.4) is 0 Å². The predicted molar refractivity (Wildman–Crippen MR) is 88.3 cm³/mol. The number of nitrogens with zero attached hydrogens (tertiary/aromatic N) is 1. The van der Waals surface area contributed by atoms with Crippen LogP contribution in [0.25, 0.3) is 0 Å². The van der Waals surface area contributed by atoms with Crippen molar-refractivity contribution < 1.29 is 21.9 Å². The number of para-hydroxylation sites is 1. The molecule has 1 aromatic carbocycles. The zero-order chi connectivity index (χ0) is 17.6. The molecule has 0 heterocycles. The number of ether oxygens (including phenoxy) is 1. The second-order valence-corrected chi connectivity index (χ2v) is 7.76. The molecule has 0 saturated heterocycles. The van der Waals surface area contributed by atoms with Crippen LogP contribution in [-0.4, -0.2) is 39.0 Å². The van der Waals surface area contributed by atoms with Crippen molar-refractivity contribution in [3.8, 4) is 5.75 Å². The fourth-order valence-electron chi connectivity index (χ4n) is 2.98. The standard InChI is InChI=1S/C16H24F2N2O3S/c1-20(14-8-3-2-4-9-14)24(21,22)19-12-11-13-7-5-6-10-15(13)23-16(17)18/h5-7,10,14,16,19H,2-4,8-9,11-12H2,1H3. The molecule has 5 nitrogen and oxygen atoms in total. The fraction of sp³-hybridized carbons (Fsp3) is 0.625. The average molecular weight is 362 g/mol. The SMILES string of the molecule is CN(C1CCCCC1)S(=O)(=O)NCCc1ccccc1OC(F)F. The lowest BCUT2D eigenvalue weighted by atomic mass is 9.96. The highest BCUT2D eigenvalue weighted by atomic mass is 32.2. The summed E-state index contributed by atoms with van der Waals surface area (Å²) in [4.78, 5) is 0. The van der Waals surface area contributed by atoms with E-state index in [2.05, 4.69) is 9.46 Å². The number of benzene rings is 1. The van der Waals surface area contributed by atoms with Gasteiger partial charge in [-0.3, -0.25) is 0 Å². The van der Waals surface area contributed by atoms with Crippen LogP contribution in [0, 0.1) is 0 Å². The van der Waals surface area contributed by atoms with Gasteiger partial charge in [0.15, 0.2) is 0 Å². The lowest BCUT2D eigenvalue weighted by Crippen LogP contribution is -2.45. The van der Waals surface area contributed by atoms with E-state index < -0.39 is 16.8 Å². The molecule has 0 unspecified atom stereocenters. The second kappa shape index (κ2) is 8.73. The Morgan fingerprint density at radius 3 is 2.58 bits per heavy atom. The van der Waals surface area contributed by atoms with Crippen LogP contribution in [-0.2, 0) is 16.6 Å². The Bertz CT molecular complexity index is 620. The Balaban J connectivity index is 1.91. The highest BCUT2D eigenvalue weighted by Gasteiger charge is 2.27. The van der Waals surface area contributed by atoms with Gasteiger partial charge in [-0.15, -0.1) is 0 Å². The molecule has 136 valence electrons. The first-order valence-corrected chi connectivity index (χ1v) is 9.59. The Morgan fingerprint density at radius 2 is 1.92 bits per heavy atom. The minimum Gasteiger partial charge on any atom is -0.435 e. The van der Waals surface area contributed by atoms with Crippen LogP contribution in [0.5, 0.6) is 5.75 Å². The van der Waals surface area contributed by atoms with E-state index in [-0.39, 0.29) is 24.8 Å². The molecule has 1 aliphatic carbocycles. The molecule has 0 aliphatic heterocycles. The van der Waals surface area contributed by atoms with Crippen LogP contribution in [0.1, 0.15) is 37.7 Å². The topological polar surface area (TPSA) is 58.6 Å². The first-order chi connectivity index (χ1) is 11.4. The van der Waals surface area contributed by atoms with Gasteiger partial charge in [0.1, 0.15) is 5.75 Å². The van der Waals surface area contributed by atoms with Crippen LogP contribution in [0.4, 0.5) is 8.78 Å². The van der Waals surface area contributed by atoms with Crippen molar-refractivity contribution in [1.29, 1.82) is 0 Å². The molecule has 1 saturated carbocycles. The summed E-state index contributed by atoms with van der Waals surface area (Å²) in [6.07, 6.45) is 5.27. The molecule has 2 rings (SSSR count). The number of hydrogen-bond acceptors (Lipinski definition) is 3. The third-order valence-corrected chi connectivity index (χ3v) is 5.96. The molecule has 1 N–H and O–H groups in total. The maximum absolute atomic E-state index is 12.4. The molecule has 0 radical (unpaired) electrons.